The van der Waals surface area contributed by atoms with Crippen molar-refractivity contribution in [1.29, 1.82) is 0 Å². The van der Waals surface area contributed by atoms with E-state index < -0.39 is 12.3 Å². The Morgan fingerprint density at radius 1 is 1.06 bits per heavy atom. The Labute approximate surface area is 194 Å². The number of aromatic nitrogens is 2. The van der Waals surface area contributed by atoms with Gasteiger partial charge < -0.3 is 24.6 Å². The van der Waals surface area contributed by atoms with Crippen molar-refractivity contribution < 1.29 is 27.4 Å². The van der Waals surface area contributed by atoms with E-state index in [9.17, 15) is 18.0 Å². The fourth-order valence-corrected chi connectivity index (χ4v) is 3.58. The molecule has 1 saturated heterocycles. The van der Waals surface area contributed by atoms with Gasteiger partial charge in [-0.1, -0.05) is 0 Å². The third kappa shape index (κ3) is 6.47. The minimum absolute atomic E-state index is 0.240. The Kier molecular flexibility index (Phi) is 7.01. The zero-order valence-electron chi connectivity index (χ0n) is 18.5. The largest absolute Gasteiger partial charge is 0.573 e. The Morgan fingerprint density at radius 2 is 1.82 bits per heavy atom. The first-order chi connectivity index (χ1) is 16.2. The summed E-state index contributed by atoms with van der Waals surface area (Å²) in [6.07, 6.45) is -1.97. The molecule has 0 saturated carbocycles. The zero-order valence-corrected chi connectivity index (χ0v) is 18.5. The molecule has 34 heavy (non-hydrogen) atoms. The molecule has 0 radical (unpaired) electrons. The number of nitrogens with one attached hydrogen (secondary N) is 1. The number of benzene rings is 2. The van der Waals surface area contributed by atoms with Gasteiger partial charge in [0.2, 0.25) is 5.95 Å². The van der Waals surface area contributed by atoms with Crippen molar-refractivity contribution in [2.45, 2.75) is 12.8 Å². The lowest BCUT2D eigenvalue weighted by Gasteiger charge is -2.20. The molecular formula is C23H24F3N5O3. The monoisotopic (exact) mass is 475 g/mol. The molecule has 1 fully saturated rings. The number of halogens is 3. The van der Waals surface area contributed by atoms with Gasteiger partial charge in [-0.3, -0.25) is 4.79 Å². The summed E-state index contributed by atoms with van der Waals surface area (Å²) in [5.41, 5.74) is 1.33. The number of hydrogen-bond donors (Lipinski definition) is 1. The lowest BCUT2D eigenvalue weighted by Crippen LogP contribution is -2.30. The molecule has 4 rings (SSSR count). The van der Waals surface area contributed by atoms with Gasteiger partial charge >= 0.3 is 6.36 Å². The van der Waals surface area contributed by atoms with Crippen LogP contribution in [0.1, 0.15) is 6.42 Å². The Balaban J connectivity index is 1.33. The first kappa shape index (κ1) is 23.6. The fourth-order valence-electron chi connectivity index (χ4n) is 3.58. The highest BCUT2D eigenvalue weighted by Gasteiger charge is 2.31. The molecule has 1 amide bonds. The molecule has 1 N–H and O–H groups in total. The van der Waals surface area contributed by atoms with Gasteiger partial charge in [-0.25, -0.2) is 9.97 Å². The van der Waals surface area contributed by atoms with Gasteiger partial charge in [0.15, 0.2) is 6.61 Å². The lowest BCUT2D eigenvalue weighted by molar-refractivity contribution is -0.274. The summed E-state index contributed by atoms with van der Waals surface area (Å²) < 4.78 is 45.8. The number of rotatable bonds is 6. The molecule has 8 nitrogen and oxygen atoms in total. The van der Waals surface area contributed by atoms with Crippen molar-refractivity contribution in [3.63, 3.8) is 0 Å². The van der Waals surface area contributed by atoms with Gasteiger partial charge in [-0.2, -0.15) is 0 Å². The predicted molar refractivity (Wildman–Crippen MR) is 121 cm³/mol. The second kappa shape index (κ2) is 10.1. The van der Waals surface area contributed by atoms with Crippen molar-refractivity contribution in [3.8, 4) is 11.5 Å². The van der Waals surface area contributed by atoms with Crippen LogP contribution in [-0.4, -0.2) is 67.0 Å². The van der Waals surface area contributed by atoms with Gasteiger partial charge in [0.25, 0.3) is 5.91 Å². The van der Waals surface area contributed by atoms with Crippen LogP contribution in [0.2, 0.25) is 0 Å². The highest BCUT2D eigenvalue weighted by Crippen LogP contribution is 2.25. The van der Waals surface area contributed by atoms with Crippen LogP contribution < -0.4 is 19.7 Å². The third-order valence-electron chi connectivity index (χ3n) is 5.28. The van der Waals surface area contributed by atoms with Crippen LogP contribution in [0.15, 0.2) is 48.7 Å². The molecule has 1 aliphatic heterocycles. The fraction of sp³-hybridized carbons (Fsp3) is 0.348. The third-order valence-corrected chi connectivity index (χ3v) is 5.28. The number of anilines is 2. The van der Waals surface area contributed by atoms with Gasteiger partial charge in [0.1, 0.15) is 11.5 Å². The van der Waals surface area contributed by atoms with Crippen molar-refractivity contribution in [2.24, 2.45) is 0 Å². The van der Waals surface area contributed by atoms with Crippen molar-refractivity contribution in [3.05, 3.63) is 48.7 Å². The molecule has 0 unspecified atom stereocenters. The topological polar surface area (TPSA) is 79.8 Å². The Bertz CT molecular complexity index is 1140. The summed E-state index contributed by atoms with van der Waals surface area (Å²) in [7, 11) is 2.11. The smallest absolute Gasteiger partial charge is 0.484 e. The number of fused-ring (bicyclic) bond motifs is 1. The molecule has 11 heteroatoms. The second-order valence-corrected chi connectivity index (χ2v) is 7.94. The maximum atomic E-state index is 12.2. The molecule has 1 aromatic heterocycles. The van der Waals surface area contributed by atoms with E-state index in [2.05, 4.69) is 36.9 Å². The molecule has 0 bridgehead atoms. The van der Waals surface area contributed by atoms with Crippen LogP contribution in [-0.2, 0) is 4.79 Å². The van der Waals surface area contributed by atoms with E-state index >= 15 is 0 Å². The van der Waals surface area contributed by atoms with E-state index in [1.165, 1.54) is 12.1 Å². The average Bonchev–Trinajstić information content (AvgIpc) is 3.02. The lowest BCUT2D eigenvalue weighted by atomic mass is 10.2. The van der Waals surface area contributed by atoms with Crippen LogP contribution in [0.3, 0.4) is 0 Å². The summed E-state index contributed by atoms with van der Waals surface area (Å²) in [6.45, 7) is 3.47. The van der Waals surface area contributed by atoms with Crippen molar-refractivity contribution in [1.82, 2.24) is 14.9 Å². The normalized spacial score (nSPS) is 15.1. The molecule has 2 heterocycles. The number of hydrogen-bond acceptors (Lipinski definition) is 7. The molecule has 180 valence electrons. The van der Waals surface area contributed by atoms with Crippen LogP contribution in [0.5, 0.6) is 11.5 Å². The number of carbonyl (C=O) groups excluding carboxylic acids is 1. The maximum absolute atomic E-state index is 12.2. The van der Waals surface area contributed by atoms with E-state index in [1.54, 1.807) is 18.3 Å². The first-order valence-corrected chi connectivity index (χ1v) is 10.7. The molecule has 0 atom stereocenters. The molecule has 2 aromatic carbocycles. The number of alkyl halides is 3. The van der Waals surface area contributed by atoms with E-state index in [0.717, 1.165) is 55.6 Å². The number of ether oxygens (including phenoxy) is 2. The predicted octanol–water partition coefficient (Wildman–Crippen LogP) is 3.69. The van der Waals surface area contributed by atoms with Crippen molar-refractivity contribution in [2.75, 3.05) is 50.1 Å². The second-order valence-electron chi connectivity index (χ2n) is 7.94. The minimum atomic E-state index is -4.77. The van der Waals surface area contributed by atoms with Gasteiger partial charge in [0, 0.05) is 36.9 Å². The highest BCUT2D eigenvalue weighted by molar-refractivity contribution is 5.94. The van der Waals surface area contributed by atoms with E-state index in [-0.39, 0.29) is 18.1 Å². The van der Waals surface area contributed by atoms with Crippen LogP contribution in [0.25, 0.3) is 10.9 Å². The van der Waals surface area contributed by atoms with E-state index in [1.807, 2.05) is 6.07 Å². The maximum Gasteiger partial charge on any atom is 0.573 e. The number of amides is 1. The van der Waals surface area contributed by atoms with Gasteiger partial charge in [-0.05, 0) is 62.5 Å². The van der Waals surface area contributed by atoms with Crippen molar-refractivity contribution >= 4 is 28.4 Å². The quantitative estimate of drug-likeness (QED) is 0.583. The van der Waals surface area contributed by atoms with Crippen LogP contribution in [0, 0.1) is 0 Å². The minimum Gasteiger partial charge on any atom is -0.484 e. The highest BCUT2D eigenvalue weighted by atomic mass is 19.4. The molecule has 0 aliphatic carbocycles. The van der Waals surface area contributed by atoms with Crippen LogP contribution in [0.4, 0.5) is 24.8 Å². The standard InChI is InChI=1S/C23H24F3N5O3/c1-30-9-2-10-31(12-11-30)22-27-14-16-13-17(3-8-20(16)29-22)28-21(32)15-33-18-4-6-19(7-5-18)34-23(24,25)26/h3-8,13-14H,2,9-12,15H2,1H3,(H,28,32). The summed E-state index contributed by atoms with van der Waals surface area (Å²) >= 11 is 0. The number of likely N-dealkylation sites (N-methyl/N-ethyl adjacent to an activating group) is 1. The zero-order chi connectivity index (χ0) is 24.1. The van der Waals surface area contributed by atoms with E-state index in [4.69, 9.17) is 4.74 Å². The summed E-state index contributed by atoms with van der Waals surface area (Å²) in [4.78, 5) is 25.9. The number of carbonyl (C=O) groups is 1. The molecule has 0 spiro atoms. The van der Waals surface area contributed by atoms with Crippen LogP contribution >= 0.6 is 0 Å². The summed E-state index contributed by atoms with van der Waals surface area (Å²) in [6, 6.07) is 10.2. The Morgan fingerprint density at radius 3 is 2.59 bits per heavy atom. The average molecular weight is 475 g/mol. The molecular weight excluding hydrogens is 451 g/mol. The van der Waals surface area contributed by atoms with Gasteiger partial charge in [0.05, 0.1) is 5.52 Å². The SMILES string of the molecule is CN1CCCN(c2ncc3cc(NC(=O)COc4ccc(OC(F)(F)F)cc4)ccc3n2)CC1. The first-order valence-electron chi connectivity index (χ1n) is 10.7. The Hall–Kier alpha value is -3.60. The molecule has 3 aromatic rings. The van der Waals surface area contributed by atoms with E-state index in [0.29, 0.717) is 11.6 Å². The summed E-state index contributed by atoms with van der Waals surface area (Å²) in [5, 5.41) is 3.52. The molecule has 1 aliphatic rings. The van der Waals surface area contributed by atoms with Gasteiger partial charge in [-0.15, -0.1) is 13.2 Å². The summed E-state index contributed by atoms with van der Waals surface area (Å²) in [5.74, 6) is 0.152. The number of nitrogens with zero attached hydrogens (tertiary/aromatic N) is 4.